The van der Waals surface area contributed by atoms with Crippen LogP contribution in [0, 0.1) is 0 Å². The largest absolute Gasteiger partial charge is 0.477 e. The van der Waals surface area contributed by atoms with E-state index in [1.165, 1.54) is 0 Å². The van der Waals surface area contributed by atoms with Crippen molar-refractivity contribution in [3.63, 3.8) is 0 Å². The minimum atomic E-state index is -0.845. The molecule has 1 fully saturated rings. The van der Waals surface area contributed by atoms with Gasteiger partial charge in [0.15, 0.2) is 6.04 Å². The van der Waals surface area contributed by atoms with E-state index in [0.29, 0.717) is 0 Å². The van der Waals surface area contributed by atoms with Crippen LogP contribution in [0.25, 0.3) is 0 Å². The molecule has 0 spiro atoms. The van der Waals surface area contributed by atoms with Crippen LogP contribution in [0.1, 0.15) is 12.8 Å². The molecule has 1 aliphatic carbocycles. The second-order valence-electron chi connectivity index (χ2n) is 2.49. The average molecular weight is 148 g/mol. The van der Waals surface area contributed by atoms with Crippen LogP contribution in [-0.4, -0.2) is 21.9 Å². The van der Waals surface area contributed by atoms with Gasteiger partial charge < -0.3 is 10.8 Å². The van der Waals surface area contributed by atoms with E-state index in [-0.39, 0.29) is 4.75 Å². The van der Waals surface area contributed by atoms with Crippen molar-refractivity contribution in [3.05, 3.63) is 0 Å². The minimum Gasteiger partial charge on any atom is -0.477 e. The number of carboxylic acids is 1. The summed E-state index contributed by atoms with van der Waals surface area (Å²) in [5.74, 6) is -0.845. The van der Waals surface area contributed by atoms with Gasteiger partial charge in [-0.2, -0.15) is 12.6 Å². The molecule has 0 aromatic rings. The zero-order valence-electron chi connectivity index (χ0n) is 5.00. The van der Waals surface area contributed by atoms with Gasteiger partial charge in [0, 0.05) is 0 Å². The van der Waals surface area contributed by atoms with Gasteiger partial charge in [-0.05, 0) is 12.8 Å². The molecule has 1 aliphatic rings. The van der Waals surface area contributed by atoms with Crippen LogP contribution in [0.3, 0.4) is 0 Å². The van der Waals surface area contributed by atoms with Crippen molar-refractivity contribution in [2.24, 2.45) is 0 Å². The predicted octanol–water partition coefficient (Wildman–Crippen LogP) is -0.856. The molecule has 0 aromatic carbocycles. The van der Waals surface area contributed by atoms with Gasteiger partial charge in [-0.15, -0.1) is 0 Å². The third-order valence-corrected chi connectivity index (χ3v) is 2.47. The summed E-state index contributed by atoms with van der Waals surface area (Å²) in [7, 11) is 0. The molecule has 0 amide bonds. The molecule has 0 aromatic heterocycles. The predicted molar refractivity (Wildman–Crippen MR) is 35.3 cm³/mol. The summed E-state index contributed by atoms with van der Waals surface area (Å²) in [6.07, 6.45) is 1.77. The van der Waals surface area contributed by atoms with E-state index in [2.05, 4.69) is 18.4 Å². The van der Waals surface area contributed by atoms with Crippen molar-refractivity contribution in [2.75, 3.05) is 0 Å². The smallest absolute Gasteiger partial charge is 0.363 e. The first-order valence-electron chi connectivity index (χ1n) is 2.84. The molecule has 9 heavy (non-hydrogen) atoms. The van der Waals surface area contributed by atoms with Crippen molar-refractivity contribution in [2.45, 2.75) is 23.6 Å². The van der Waals surface area contributed by atoms with E-state index in [4.69, 9.17) is 5.11 Å². The Hall–Kier alpha value is -0.220. The normalized spacial score (nSPS) is 25.1. The van der Waals surface area contributed by atoms with E-state index in [1.807, 2.05) is 0 Å². The third kappa shape index (κ3) is 1.19. The monoisotopic (exact) mass is 148 g/mol. The highest BCUT2D eigenvalue weighted by Crippen LogP contribution is 2.43. The van der Waals surface area contributed by atoms with Gasteiger partial charge in [-0.25, -0.2) is 4.79 Å². The number of hydrogen-bond donors (Lipinski definition) is 3. The summed E-state index contributed by atoms with van der Waals surface area (Å²) in [6, 6.07) is -0.541. The second kappa shape index (κ2) is 1.88. The van der Waals surface area contributed by atoms with Crippen molar-refractivity contribution in [3.8, 4) is 0 Å². The Labute approximate surface area is 58.6 Å². The summed E-state index contributed by atoms with van der Waals surface area (Å²) >= 11 is 4.16. The van der Waals surface area contributed by atoms with Crippen LogP contribution in [0.4, 0.5) is 0 Å². The molecular weight excluding hydrogens is 138 g/mol. The number of carbonyl (C=O) groups is 1. The first-order valence-corrected chi connectivity index (χ1v) is 3.29. The molecule has 0 aliphatic heterocycles. The summed E-state index contributed by atoms with van der Waals surface area (Å²) < 4.78 is -0.286. The number of aliphatic carboxylic acids is 1. The summed E-state index contributed by atoms with van der Waals surface area (Å²) in [4.78, 5) is 10.3. The van der Waals surface area contributed by atoms with E-state index in [1.54, 1.807) is 0 Å². The first-order chi connectivity index (χ1) is 4.06. The molecule has 0 saturated heterocycles. The summed E-state index contributed by atoms with van der Waals surface area (Å²) in [5, 5.41) is 8.45. The van der Waals surface area contributed by atoms with Gasteiger partial charge in [0.05, 0.1) is 4.75 Å². The molecule has 4 N–H and O–H groups in total. The van der Waals surface area contributed by atoms with E-state index in [9.17, 15) is 4.79 Å². The van der Waals surface area contributed by atoms with Crippen LogP contribution >= 0.6 is 12.6 Å². The Morgan fingerprint density at radius 2 is 2.22 bits per heavy atom. The molecule has 52 valence electrons. The Kier molecular flexibility index (Phi) is 1.44. The maximum atomic E-state index is 10.3. The van der Waals surface area contributed by atoms with Crippen LogP contribution in [0.5, 0.6) is 0 Å². The molecular formula is C5H10NO2S+. The highest BCUT2D eigenvalue weighted by atomic mass is 32.1. The Morgan fingerprint density at radius 3 is 2.33 bits per heavy atom. The van der Waals surface area contributed by atoms with Crippen molar-refractivity contribution >= 4 is 18.6 Å². The van der Waals surface area contributed by atoms with Crippen molar-refractivity contribution < 1.29 is 15.6 Å². The fraction of sp³-hybridized carbons (Fsp3) is 0.800. The number of thiol groups is 1. The van der Waals surface area contributed by atoms with Gasteiger partial charge in [0.1, 0.15) is 0 Å². The number of quaternary nitrogens is 1. The standard InChI is InChI=1S/C5H9NO2S/c6-3(4(7)8)5(9)1-2-5/h3,9H,1-2,6H2,(H,7,8)/p+1. The first kappa shape index (κ1) is 6.89. The van der Waals surface area contributed by atoms with Crippen LogP contribution in [0.15, 0.2) is 0 Å². The van der Waals surface area contributed by atoms with Gasteiger partial charge in [-0.3, -0.25) is 0 Å². The van der Waals surface area contributed by atoms with Crippen molar-refractivity contribution in [1.29, 1.82) is 0 Å². The molecule has 3 nitrogen and oxygen atoms in total. The molecule has 0 bridgehead atoms. The molecule has 1 unspecified atom stereocenters. The van der Waals surface area contributed by atoms with Gasteiger partial charge in [0.25, 0.3) is 0 Å². The third-order valence-electron chi connectivity index (χ3n) is 1.71. The van der Waals surface area contributed by atoms with Gasteiger partial charge in [0.2, 0.25) is 0 Å². The van der Waals surface area contributed by atoms with E-state index in [0.717, 1.165) is 12.8 Å². The number of carboxylic acid groups (broad SMARTS) is 1. The topological polar surface area (TPSA) is 64.9 Å². The number of hydrogen-bond acceptors (Lipinski definition) is 2. The fourth-order valence-corrected chi connectivity index (χ4v) is 0.929. The van der Waals surface area contributed by atoms with E-state index >= 15 is 0 Å². The van der Waals surface area contributed by atoms with Crippen LogP contribution in [0.2, 0.25) is 0 Å². The Bertz CT molecular complexity index is 144. The molecule has 0 heterocycles. The van der Waals surface area contributed by atoms with E-state index < -0.39 is 12.0 Å². The van der Waals surface area contributed by atoms with Crippen molar-refractivity contribution in [1.82, 2.24) is 0 Å². The summed E-state index contributed by atoms with van der Waals surface area (Å²) in [6.45, 7) is 0. The lowest BCUT2D eigenvalue weighted by molar-refractivity contribution is -0.409. The Morgan fingerprint density at radius 1 is 1.78 bits per heavy atom. The lowest BCUT2D eigenvalue weighted by atomic mass is 10.2. The van der Waals surface area contributed by atoms with Crippen LogP contribution < -0.4 is 5.73 Å². The zero-order chi connectivity index (χ0) is 7.07. The zero-order valence-corrected chi connectivity index (χ0v) is 5.90. The van der Waals surface area contributed by atoms with Crippen LogP contribution in [-0.2, 0) is 4.79 Å². The second-order valence-corrected chi connectivity index (χ2v) is 3.39. The summed E-state index contributed by atoms with van der Waals surface area (Å²) in [5.41, 5.74) is 3.50. The maximum absolute atomic E-state index is 10.3. The molecule has 1 saturated carbocycles. The van der Waals surface area contributed by atoms with Gasteiger partial charge >= 0.3 is 5.97 Å². The quantitative estimate of drug-likeness (QED) is 0.446. The molecule has 4 heteroatoms. The van der Waals surface area contributed by atoms with Gasteiger partial charge in [-0.1, -0.05) is 0 Å². The maximum Gasteiger partial charge on any atom is 0.363 e. The highest BCUT2D eigenvalue weighted by Gasteiger charge is 2.51. The average Bonchev–Trinajstić information content (AvgIpc) is 2.47. The SMILES string of the molecule is [NH3+]C(C(=O)O)C1(S)CC1. The molecule has 0 radical (unpaired) electrons. The Balaban J connectivity index is 2.52. The lowest BCUT2D eigenvalue weighted by Crippen LogP contribution is -2.70. The molecule has 1 rings (SSSR count). The lowest BCUT2D eigenvalue weighted by Gasteiger charge is -2.07. The fourth-order valence-electron chi connectivity index (χ4n) is 0.706. The number of rotatable bonds is 2. The highest BCUT2D eigenvalue weighted by molar-refractivity contribution is 7.82. The molecule has 1 atom stereocenters. The minimum absolute atomic E-state index is 0.286.